The van der Waals surface area contributed by atoms with Crippen LogP contribution in [0.1, 0.15) is 0 Å². The molecule has 1 nitrogen and oxygen atoms in total. The van der Waals surface area contributed by atoms with Crippen molar-refractivity contribution >= 4 is 18.8 Å². The van der Waals surface area contributed by atoms with Crippen LogP contribution in [0.25, 0.3) is 5.40 Å². The van der Waals surface area contributed by atoms with Gasteiger partial charge in [0.15, 0.2) is 0 Å². The zero-order chi connectivity index (χ0) is 2.00. The fourth-order valence-electron chi connectivity index (χ4n) is 0. The van der Waals surface area contributed by atoms with Gasteiger partial charge in [0.1, 0.15) is 0 Å². The summed E-state index contributed by atoms with van der Waals surface area (Å²) in [7, 11) is 0.556. The van der Waals surface area contributed by atoms with Crippen LogP contribution >= 0.6 is 0 Å². The third kappa shape index (κ3) is 12.4. The molecule has 0 aromatic rings. The third-order valence-corrected chi connectivity index (χ3v) is 0. The monoisotopic (exact) mass is 105 g/mol. The zero-order valence-corrected chi connectivity index (χ0v) is 6.14. The summed E-state index contributed by atoms with van der Waals surface area (Å²) in [6.45, 7) is 0. The van der Waals surface area contributed by atoms with E-state index in [4.69, 9.17) is 5.40 Å². The van der Waals surface area contributed by atoms with Crippen molar-refractivity contribution < 1.29 is 21.7 Å². The topological polar surface area (TPSA) is 23.8 Å². The molecule has 0 amide bonds. The molecule has 0 saturated carbocycles. The Bertz CT molecular complexity index is 8.00. The predicted molar refractivity (Wildman–Crippen MR) is 20.0 cm³/mol. The molecule has 0 fully saturated rings. The number of hydrogen-bond acceptors (Lipinski definition) is 0. The molecule has 0 atom stereocenters. The second kappa shape index (κ2) is 37.8. The molecule has 3 radical (unpaired) electrons. The smallest absolute Gasteiger partial charge is 0 e. The van der Waals surface area contributed by atoms with Gasteiger partial charge in [-0.2, -0.15) is 0 Å². The molecule has 0 rings (SSSR count). The summed E-state index contributed by atoms with van der Waals surface area (Å²) >= 11 is 0. The van der Waals surface area contributed by atoms with Crippen molar-refractivity contribution in [1.29, 1.82) is 0 Å². The molecular formula is H4BNSiTi-. The van der Waals surface area contributed by atoms with Gasteiger partial charge >= 0.3 is 0 Å². The van der Waals surface area contributed by atoms with Gasteiger partial charge in [-0.05, 0) is 0 Å². The summed E-state index contributed by atoms with van der Waals surface area (Å²) in [5.41, 5.74) is 0. The molecule has 1 N–H and O–H groups in total. The van der Waals surface area contributed by atoms with Crippen molar-refractivity contribution in [3.05, 3.63) is 5.40 Å². The molecule has 4 heavy (non-hydrogen) atoms. The molecule has 0 aliphatic heterocycles. The number of nitrogens with one attached hydrogen (secondary N) is 1. The first-order valence-electron chi connectivity index (χ1n) is 0.500. The standard InChI is InChI=1S/B.H4NSi.Ti/c;1-2;/h;1H,2H3;/q;-1;. The second-order valence-corrected chi connectivity index (χ2v) is 0. The van der Waals surface area contributed by atoms with Crippen LogP contribution in [0.5, 0.6) is 0 Å². The first kappa shape index (κ1) is 20.3. The Morgan fingerprint density at radius 2 is 1.25 bits per heavy atom. The molecule has 0 aliphatic carbocycles. The first-order valence-corrected chi connectivity index (χ1v) is 1.50. The molecule has 0 heterocycles. The number of hydrogen-bond donors (Lipinski definition) is 0. The fraction of sp³-hybridized carbons (Fsp3) is 0. The van der Waals surface area contributed by atoms with Crippen molar-refractivity contribution in [2.24, 2.45) is 0 Å². The van der Waals surface area contributed by atoms with Crippen LogP contribution in [0.15, 0.2) is 0 Å². The van der Waals surface area contributed by atoms with Crippen molar-refractivity contribution in [2.75, 3.05) is 0 Å². The molecule has 21 valence electrons. The molecule has 0 bridgehead atoms. The van der Waals surface area contributed by atoms with Gasteiger partial charge in [0, 0.05) is 30.1 Å². The molecule has 0 aromatic carbocycles. The van der Waals surface area contributed by atoms with Crippen LogP contribution < -0.4 is 0 Å². The van der Waals surface area contributed by atoms with E-state index in [1.165, 1.54) is 0 Å². The normalized spacial score (nSPS) is 2.25. The van der Waals surface area contributed by atoms with E-state index in [2.05, 4.69) is 0 Å². The average Bonchev–Trinajstić information content (AvgIpc) is 1.00. The minimum absolute atomic E-state index is 0. The molecule has 0 aromatic heterocycles. The summed E-state index contributed by atoms with van der Waals surface area (Å²) in [5.74, 6) is 0. The summed E-state index contributed by atoms with van der Waals surface area (Å²) in [6, 6.07) is 0. The van der Waals surface area contributed by atoms with Gasteiger partial charge in [-0.1, -0.05) is 0 Å². The van der Waals surface area contributed by atoms with Gasteiger partial charge in [0.05, 0.1) is 0 Å². The van der Waals surface area contributed by atoms with E-state index >= 15 is 0 Å². The SMILES string of the molecule is [B].[NH-][SiH3].[Ti]. The Morgan fingerprint density at radius 1 is 1.25 bits per heavy atom. The summed E-state index contributed by atoms with van der Waals surface area (Å²) in [6.07, 6.45) is 0. The van der Waals surface area contributed by atoms with Gasteiger partial charge < -0.3 is 5.40 Å². The van der Waals surface area contributed by atoms with Crippen LogP contribution in [0.4, 0.5) is 0 Å². The Labute approximate surface area is 46.3 Å². The van der Waals surface area contributed by atoms with Crippen molar-refractivity contribution in [3.63, 3.8) is 0 Å². The van der Waals surface area contributed by atoms with E-state index in [1.807, 2.05) is 0 Å². The fourth-order valence-corrected chi connectivity index (χ4v) is 0. The maximum absolute atomic E-state index is 5.89. The van der Waals surface area contributed by atoms with E-state index in [-0.39, 0.29) is 30.1 Å². The zero-order valence-electron chi connectivity index (χ0n) is 2.58. The Hall–Kier alpha value is 0.956. The van der Waals surface area contributed by atoms with Crippen LogP contribution in [0.2, 0.25) is 0 Å². The van der Waals surface area contributed by atoms with Gasteiger partial charge in [0.25, 0.3) is 0 Å². The second-order valence-electron chi connectivity index (χ2n) is 0. The molecule has 0 aliphatic rings. The Morgan fingerprint density at radius 3 is 1.25 bits per heavy atom. The summed E-state index contributed by atoms with van der Waals surface area (Å²) in [4.78, 5) is 0. The molecule has 0 unspecified atom stereocenters. The van der Waals surface area contributed by atoms with E-state index < -0.39 is 0 Å². The van der Waals surface area contributed by atoms with Crippen LogP contribution in [0.3, 0.4) is 0 Å². The number of rotatable bonds is 0. The summed E-state index contributed by atoms with van der Waals surface area (Å²) in [5, 5.41) is 5.89. The summed E-state index contributed by atoms with van der Waals surface area (Å²) < 4.78 is 0. The molecular weight excluding hydrogens is 101 g/mol. The van der Waals surface area contributed by atoms with Crippen LogP contribution in [-0.4, -0.2) is 18.8 Å². The Kier molecular flexibility index (Phi) is 192. The molecule has 0 saturated heterocycles. The van der Waals surface area contributed by atoms with Crippen molar-refractivity contribution in [1.82, 2.24) is 0 Å². The van der Waals surface area contributed by atoms with E-state index in [1.54, 1.807) is 0 Å². The van der Waals surface area contributed by atoms with E-state index in [0.717, 1.165) is 0 Å². The minimum Gasteiger partial charge on any atom is -0.687 e. The maximum atomic E-state index is 5.89. The quantitative estimate of drug-likeness (QED) is 0.350. The van der Waals surface area contributed by atoms with E-state index in [0.29, 0.717) is 10.4 Å². The predicted octanol–water partition coefficient (Wildman–Crippen LogP) is -1.06. The average molecular weight is 105 g/mol. The largest absolute Gasteiger partial charge is 0.687 e. The Balaban J connectivity index is -0.00000000500. The molecule has 0 spiro atoms. The van der Waals surface area contributed by atoms with Gasteiger partial charge in [-0.3, -0.25) is 0 Å². The van der Waals surface area contributed by atoms with E-state index in [9.17, 15) is 0 Å². The van der Waals surface area contributed by atoms with Crippen molar-refractivity contribution in [3.8, 4) is 0 Å². The van der Waals surface area contributed by atoms with Gasteiger partial charge in [-0.25, -0.2) is 0 Å². The first-order chi connectivity index (χ1) is 1.00. The third-order valence-electron chi connectivity index (χ3n) is 0. The van der Waals surface area contributed by atoms with Gasteiger partial charge in [-0.15, -0.1) is 10.4 Å². The maximum Gasteiger partial charge on any atom is 0 e. The van der Waals surface area contributed by atoms with Crippen LogP contribution in [0, 0.1) is 0 Å². The van der Waals surface area contributed by atoms with Crippen LogP contribution in [-0.2, 0) is 21.7 Å². The molecule has 4 heteroatoms. The minimum atomic E-state index is 0. The van der Waals surface area contributed by atoms with Crippen molar-refractivity contribution in [2.45, 2.75) is 0 Å². The van der Waals surface area contributed by atoms with Gasteiger partial charge in [0.2, 0.25) is 0 Å².